The first-order chi connectivity index (χ1) is 28.1. The van der Waals surface area contributed by atoms with Crippen molar-refractivity contribution in [1.82, 2.24) is 15.0 Å². The topological polar surface area (TPSA) is 51.8 Å². The standard InChI is InChI=1S/C52H35N3OS/c1-3-40(52-54-50(36-19-12-7-13-20-36)53-51(55-52)37-25-23-35(24-26-37)33-15-8-5-9-16-33)48-42-32-39(27-29-45(42)56-44(48)4-2)41-21-14-22-47-49(41)43-31-38(28-30-46(43)57-47)34-17-10-6-11-18-34/h3-32H,1H2,2H3/b44-4+,48-40+. The summed E-state index contributed by atoms with van der Waals surface area (Å²) in [5.41, 5.74) is 11.1. The number of aromatic nitrogens is 3. The number of allylic oxidation sites excluding steroid dienone is 1. The number of thiophene rings is 1. The van der Waals surface area contributed by atoms with Gasteiger partial charge in [-0.3, -0.25) is 0 Å². The maximum Gasteiger partial charge on any atom is 0.164 e. The van der Waals surface area contributed by atoms with Gasteiger partial charge >= 0.3 is 0 Å². The molecule has 4 nitrogen and oxygen atoms in total. The van der Waals surface area contributed by atoms with Crippen LogP contribution in [0.15, 0.2) is 187 Å². The molecule has 0 spiro atoms. The van der Waals surface area contributed by atoms with E-state index in [-0.39, 0.29) is 0 Å². The van der Waals surface area contributed by atoms with Crippen molar-refractivity contribution in [1.29, 1.82) is 0 Å². The van der Waals surface area contributed by atoms with Crippen LogP contribution in [-0.2, 0) is 0 Å². The number of hydrogen-bond acceptors (Lipinski definition) is 5. The van der Waals surface area contributed by atoms with Crippen LogP contribution in [0.25, 0.3) is 98.9 Å². The van der Waals surface area contributed by atoms with Crippen molar-refractivity contribution in [2.45, 2.75) is 6.92 Å². The minimum absolute atomic E-state index is 0.525. The van der Waals surface area contributed by atoms with Crippen LogP contribution < -0.4 is 10.6 Å². The number of fused-ring (bicyclic) bond motifs is 4. The SMILES string of the molecule is C=C/C(c1nc(-c2ccccc2)nc(-c2ccc(-c3ccccc3)cc2)n1)=c1\c(=C/C)oc2ccc(-c3cccc4sc5ccc(-c6ccccc6)cc5c34)cc12. The van der Waals surface area contributed by atoms with E-state index in [1.807, 2.05) is 66.8 Å². The first-order valence-electron chi connectivity index (χ1n) is 19.0. The molecule has 0 N–H and O–H groups in total. The lowest BCUT2D eigenvalue weighted by Gasteiger charge is -2.10. The van der Waals surface area contributed by atoms with Crippen LogP contribution in [0.1, 0.15) is 12.7 Å². The Hall–Kier alpha value is -7.21. The van der Waals surface area contributed by atoms with Gasteiger partial charge < -0.3 is 4.42 Å². The van der Waals surface area contributed by atoms with Gasteiger partial charge in [0.05, 0.1) is 0 Å². The molecule has 0 amide bonds. The molecule has 3 aromatic heterocycles. The molecular weight excluding hydrogens is 715 g/mol. The normalized spacial score (nSPS) is 12.4. The summed E-state index contributed by atoms with van der Waals surface area (Å²) in [6.45, 7) is 6.31. The number of hydrogen-bond donors (Lipinski definition) is 0. The molecule has 0 atom stereocenters. The van der Waals surface area contributed by atoms with Gasteiger partial charge in [-0.25, -0.2) is 15.0 Å². The molecule has 3 heterocycles. The van der Waals surface area contributed by atoms with Crippen LogP contribution in [0.2, 0.25) is 0 Å². The number of furan rings is 1. The largest absolute Gasteiger partial charge is 0.456 e. The van der Waals surface area contributed by atoms with Crippen molar-refractivity contribution in [3.05, 3.63) is 199 Å². The summed E-state index contributed by atoms with van der Waals surface area (Å²) in [5, 5.41) is 4.37. The van der Waals surface area contributed by atoms with Gasteiger partial charge in [-0.1, -0.05) is 152 Å². The third-order valence-corrected chi connectivity index (χ3v) is 11.7. The summed E-state index contributed by atoms with van der Waals surface area (Å²) in [4.78, 5) is 15.2. The van der Waals surface area contributed by atoms with Crippen LogP contribution in [0, 0.1) is 0 Å². The van der Waals surface area contributed by atoms with Crippen molar-refractivity contribution < 1.29 is 4.42 Å². The summed E-state index contributed by atoms with van der Waals surface area (Å²) in [7, 11) is 0. The molecule has 0 aliphatic carbocycles. The molecule has 10 aromatic rings. The zero-order valence-electron chi connectivity index (χ0n) is 31.2. The predicted molar refractivity (Wildman–Crippen MR) is 238 cm³/mol. The first-order valence-corrected chi connectivity index (χ1v) is 19.8. The summed E-state index contributed by atoms with van der Waals surface area (Å²) < 4.78 is 9.06. The molecule has 270 valence electrons. The summed E-state index contributed by atoms with van der Waals surface area (Å²) in [6.07, 6.45) is 3.84. The van der Waals surface area contributed by atoms with Gasteiger partial charge in [-0.2, -0.15) is 0 Å². The van der Waals surface area contributed by atoms with E-state index in [1.165, 1.54) is 36.9 Å². The monoisotopic (exact) mass is 749 g/mol. The summed E-state index contributed by atoms with van der Waals surface area (Å²) >= 11 is 1.83. The second kappa shape index (κ2) is 14.5. The van der Waals surface area contributed by atoms with Gasteiger partial charge in [0.15, 0.2) is 17.5 Å². The molecule has 0 bridgehead atoms. The van der Waals surface area contributed by atoms with Crippen LogP contribution in [0.5, 0.6) is 0 Å². The molecule has 0 aliphatic heterocycles. The fourth-order valence-electron chi connectivity index (χ4n) is 7.73. The molecular formula is C52H35N3OS. The molecule has 7 aromatic carbocycles. The van der Waals surface area contributed by atoms with E-state index < -0.39 is 0 Å². The third-order valence-electron chi connectivity index (χ3n) is 10.5. The molecule has 0 saturated carbocycles. The Bertz CT molecular complexity index is 3240. The Morgan fingerprint density at radius 3 is 1.75 bits per heavy atom. The van der Waals surface area contributed by atoms with Crippen molar-refractivity contribution >= 4 is 54.1 Å². The average molecular weight is 750 g/mol. The lowest BCUT2D eigenvalue weighted by Crippen LogP contribution is -2.24. The third kappa shape index (κ3) is 6.24. The van der Waals surface area contributed by atoms with E-state index in [2.05, 4.69) is 140 Å². The predicted octanol–water partition coefficient (Wildman–Crippen LogP) is 12.5. The highest BCUT2D eigenvalue weighted by Crippen LogP contribution is 2.42. The fraction of sp³-hybridized carbons (Fsp3) is 0.0192. The molecule has 57 heavy (non-hydrogen) atoms. The van der Waals surface area contributed by atoms with Gasteiger partial charge in [0, 0.05) is 47.5 Å². The number of rotatable bonds is 7. The van der Waals surface area contributed by atoms with E-state index in [9.17, 15) is 0 Å². The summed E-state index contributed by atoms with van der Waals surface area (Å²) in [5.74, 6) is 1.69. The van der Waals surface area contributed by atoms with E-state index in [0.29, 0.717) is 17.5 Å². The van der Waals surface area contributed by atoms with Crippen molar-refractivity contribution in [3.63, 3.8) is 0 Å². The second-order valence-corrected chi connectivity index (χ2v) is 15.0. The minimum Gasteiger partial charge on any atom is -0.456 e. The van der Waals surface area contributed by atoms with Crippen LogP contribution in [0.4, 0.5) is 0 Å². The Morgan fingerprint density at radius 1 is 0.526 bits per heavy atom. The highest BCUT2D eigenvalue weighted by Gasteiger charge is 2.18. The first kappa shape index (κ1) is 34.3. The van der Waals surface area contributed by atoms with E-state index in [0.717, 1.165) is 55.0 Å². The molecule has 0 unspecified atom stereocenters. The van der Waals surface area contributed by atoms with Crippen LogP contribution >= 0.6 is 11.3 Å². The molecule has 0 saturated heterocycles. The Morgan fingerprint density at radius 2 is 1.09 bits per heavy atom. The van der Waals surface area contributed by atoms with Crippen LogP contribution in [-0.4, -0.2) is 15.0 Å². The van der Waals surface area contributed by atoms with Gasteiger partial charge in [0.1, 0.15) is 11.0 Å². The van der Waals surface area contributed by atoms with E-state index in [4.69, 9.17) is 19.4 Å². The maximum atomic E-state index is 6.54. The molecule has 10 rings (SSSR count). The number of nitrogens with zero attached hydrogens (tertiary/aromatic N) is 3. The van der Waals surface area contributed by atoms with Gasteiger partial charge in [0.2, 0.25) is 0 Å². The van der Waals surface area contributed by atoms with E-state index >= 15 is 0 Å². The lowest BCUT2D eigenvalue weighted by atomic mass is 9.96. The second-order valence-electron chi connectivity index (χ2n) is 13.9. The van der Waals surface area contributed by atoms with Gasteiger partial charge in [-0.15, -0.1) is 11.3 Å². The van der Waals surface area contributed by atoms with Crippen LogP contribution in [0.3, 0.4) is 0 Å². The van der Waals surface area contributed by atoms with Crippen molar-refractivity contribution in [3.8, 4) is 56.2 Å². The maximum absolute atomic E-state index is 6.54. The highest BCUT2D eigenvalue weighted by atomic mass is 32.1. The smallest absolute Gasteiger partial charge is 0.164 e. The van der Waals surface area contributed by atoms with Gasteiger partial charge in [-0.05, 0) is 76.7 Å². The minimum atomic E-state index is 0.525. The molecule has 0 fully saturated rings. The average Bonchev–Trinajstić information content (AvgIpc) is 3.85. The van der Waals surface area contributed by atoms with Crippen molar-refractivity contribution in [2.24, 2.45) is 0 Å². The molecule has 0 aliphatic rings. The quantitative estimate of drug-likeness (QED) is 0.163. The molecule has 5 heteroatoms. The number of benzene rings is 7. The molecule has 0 radical (unpaired) electrons. The zero-order valence-corrected chi connectivity index (χ0v) is 32.0. The zero-order chi connectivity index (χ0) is 38.3. The lowest BCUT2D eigenvalue weighted by molar-refractivity contribution is 0.574. The summed E-state index contributed by atoms with van der Waals surface area (Å²) in [6, 6.07) is 59.3. The Labute approximate surface area is 334 Å². The van der Waals surface area contributed by atoms with E-state index in [1.54, 1.807) is 0 Å². The fourth-order valence-corrected chi connectivity index (χ4v) is 8.84. The Balaban J connectivity index is 1.17. The highest BCUT2D eigenvalue weighted by molar-refractivity contribution is 7.26. The Kier molecular flexibility index (Phi) is 8.70. The van der Waals surface area contributed by atoms with Crippen molar-refractivity contribution in [2.75, 3.05) is 0 Å². The van der Waals surface area contributed by atoms with Gasteiger partial charge in [0.25, 0.3) is 0 Å².